The van der Waals surface area contributed by atoms with E-state index in [1.807, 2.05) is 20.8 Å². The number of hydrogen-bond acceptors (Lipinski definition) is 3. The van der Waals surface area contributed by atoms with Gasteiger partial charge in [0, 0.05) is 11.6 Å². The van der Waals surface area contributed by atoms with Crippen LogP contribution in [-0.4, -0.2) is 25.7 Å². The van der Waals surface area contributed by atoms with Crippen LogP contribution in [0.25, 0.3) is 0 Å². The van der Waals surface area contributed by atoms with E-state index >= 15 is 0 Å². The average molecular weight is 251 g/mol. The van der Waals surface area contributed by atoms with Gasteiger partial charge in [0.05, 0.1) is 13.7 Å². The van der Waals surface area contributed by atoms with Gasteiger partial charge in [0.25, 0.3) is 5.91 Å². The number of hydrogen-bond donors (Lipinski definition) is 1. The van der Waals surface area contributed by atoms with E-state index in [4.69, 9.17) is 9.47 Å². The Morgan fingerprint density at radius 3 is 2.61 bits per heavy atom. The number of ether oxygens (including phenoxy) is 2. The van der Waals surface area contributed by atoms with Crippen molar-refractivity contribution in [1.82, 2.24) is 5.32 Å². The zero-order valence-electron chi connectivity index (χ0n) is 11.4. The van der Waals surface area contributed by atoms with Crippen LogP contribution >= 0.6 is 0 Å². The number of methoxy groups -OCH3 is 1. The lowest BCUT2D eigenvalue weighted by molar-refractivity contribution is 0.0938. The number of benzene rings is 1. The molecule has 100 valence electrons. The minimum atomic E-state index is -0.0899. The molecule has 0 saturated carbocycles. The summed E-state index contributed by atoms with van der Waals surface area (Å²) in [6.45, 7) is 6.44. The smallest absolute Gasteiger partial charge is 0.251 e. The first-order valence-corrected chi connectivity index (χ1v) is 6.24. The molecule has 1 rings (SSSR count). The van der Waals surface area contributed by atoms with Gasteiger partial charge >= 0.3 is 0 Å². The maximum Gasteiger partial charge on any atom is 0.251 e. The van der Waals surface area contributed by atoms with Crippen molar-refractivity contribution in [3.8, 4) is 11.5 Å². The fourth-order valence-corrected chi connectivity index (χ4v) is 1.50. The molecule has 0 spiro atoms. The van der Waals surface area contributed by atoms with Gasteiger partial charge in [-0.15, -0.1) is 0 Å². The molecule has 0 unspecified atom stereocenters. The van der Waals surface area contributed by atoms with Crippen LogP contribution in [0.2, 0.25) is 0 Å². The summed E-state index contributed by atoms with van der Waals surface area (Å²) < 4.78 is 10.6. The monoisotopic (exact) mass is 251 g/mol. The molecule has 0 aliphatic rings. The minimum Gasteiger partial charge on any atom is -0.493 e. The van der Waals surface area contributed by atoms with Crippen molar-refractivity contribution in [2.45, 2.75) is 33.2 Å². The molecule has 1 aromatic rings. The SMILES string of the molecule is CCOc1cc(C(=O)N[C@@H](C)CC)ccc1OC. The first kappa shape index (κ1) is 14.4. The quantitative estimate of drug-likeness (QED) is 0.845. The van der Waals surface area contributed by atoms with Crippen LogP contribution in [0, 0.1) is 0 Å². The molecule has 0 radical (unpaired) electrons. The molecule has 0 bridgehead atoms. The van der Waals surface area contributed by atoms with E-state index in [0.717, 1.165) is 6.42 Å². The van der Waals surface area contributed by atoms with Gasteiger partial charge in [0.1, 0.15) is 0 Å². The highest BCUT2D eigenvalue weighted by molar-refractivity contribution is 5.95. The molecule has 0 aliphatic carbocycles. The molecule has 4 heteroatoms. The third-order valence-electron chi connectivity index (χ3n) is 2.72. The van der Waals surface area contributed by atoms with Gasteiger partial charge in [-0.2, -0.15) is 0 Å². The summed E-state index contributed by atoms with van der Waals surface area (Å²) >= 11 is 0. The van der Waals surface area contributed by atoms with E-state index in [2.05, 4.69) is 5.32 Å². The molecule has 0 aromatic heterocycles. The zero-order chi connectivity index (χ0) is 13.5. The third kappa shape index (κ3) is 3.65. The van der Waals surface area contributed by atoms with Crippen molar-refractivity contribution in [1.29, 1.82) is 0 Å². The maximum absolute atomic E-state index is 12.0. The van der Waals surface area contributed by atoms with Crippen molar-refractivity contribution in [2.75, 3.05) is 13.7 Å². The van der Waals surface area contributed by atoms with Gasteiger partial charge in [-0.1, -0.05) is 6.92 Å². The second-order valence-corrected chi connectivity index (χ2v) is 4.08. The Bertz CT molecular complexity index is 404. The summed E-state index contributed by atoms with van der Waals surface area (Å²) in [5.41, 5.74) is 0.583. The molecular weight excluding hydrogens is 230 g/mol. The van der Waals surface area contributed by atoms with E-state index in [1.165, 1.54) is 0 Å². The predicted octanol–water partition coefficient (Wildman–Crippen LogP) is 2.62. The van der Waals surface area contributed by atoms with Crippen LogP contribution in [0.1, 0.15) is 37.6 Å². The van der Waals surface area contributed by atoms with Gasteiger partial charge in [0.2, 0.25) is 0 Å². The normalized spacial score (nSPS) is 11.8. The molecule has 4 nitrogen and oxygen atoms in total. The van der Waals surface area contributed by atoms with Gasteiger partial charge < -0.3 is 14.8 Å². The Balaban J connectivity index is 2.89. The van der Waals surface area contributed by atoms with Crippen molar-refractivity contribution in [3.63, 3.8) is 0 Å². The predicted molar refractivity (Wildman–Crippen MR) is 71.4 cm³/mol. The first-order chi connectivity index (χ1) is 8.62. The summed E-state index contributed by atoms with van der Waals surface area (Å²) in [4.78, 5) is 12.0. The number of carbonyl (C=O) groups is 1. The van der Waals surface area contributed by atoms with Crippen LogP contribution in [0.4, 0.5) is 0 Å². The molecular formula is C14H21NO3. The molecule has 0 aliphatic heterocycles. The molecule has 1 N–H and O–H groups in total. The summed E-state index contributed by atoms with van der Waals surface area (Å²) in [5, 5.41) is 2.92. The van der Waals surface area contributed by atoms with Crippen LogP contribution in [-0.2, 0) is 0 Å². The molecule has 1 aromatic carbocycles. The van der Waals surface area contributed by atoms with E-state index in [1.54, 1.807) is 25.3 Å². The standard InChI is InChI=1S/C14H21NO3/c1-5-10(3)15-14(16)11-7-8-12(17-4)13(9-11)18-6-2/h7-10H,5-6H2,1-4H3,(H,15,16)/t10-/m0/s1. The Labute approximate surface area is 108 Å². The number of amides is 1. The summed E-state index contributed by atoms with van der Waals surface area (Å²) in [5.74, 6) is 1.14. The van der Waals surface area contributed by atoms with Crippen molar-refractivity contribution >= 4 is 5.91 Å². The number of rotatable bonds is 6. The van der Waals surface area contributed by atoms with Crippen LogP contribution in [0.5, 0.6) is 11.5 Å². The lowest BCUT2D eigenvalue weighted by Crippen LogP contribution is -2.31. The largest absolute Gasteiger partial charge is 0.493 e. The van der Waals surface area contributed by atoms with E-state index in [0.29, 0.717) is 23.7 Å². The Morgan fingerprint density at radius 1 is 1.33 bits per heavy atom. The Hall–Kier alpha value is -1.71. The van der Waals surface area contributed by atoms with Gasteiger partial charge in [0.15, 0.2) is 11.5 Å². The van der Waals surface area contributed by atoms with E-state index < -0.39 is 0 Å². The molecule has 0 fully saturated rings. The highest BCUT2D eigenvalue weighted by Crippen LogP contribution is 2.28. The fourth-order valence-electron chi connectivity index (χ4n) is 1.50. The van der Waals surface area contributed by atoms with Crippen LogP contribution in [0.3, 0.4) is 0 Å². The van der Waals surface area contributed by atoms with Gasteiger partial charge in [-0.25, -0.2) is 0 Å². The fraction of sp³-hybridized carbons (Fsp3) is 0.500. The molecule has 0 saturated heterocycles. The number of nitrogens with one attached hydrogen (secondary N) is 1. The number of carbonyl (C=O) groups excluding carboxylic acids is 1. The van der Waals surface area contributed by atoms with Gasteiger partial charge in [-0.3, -0.25) is 4.79 Å². The molecule has 1 atom stereocenters. The zero-order valence-corrected chi connectivity index (χ0v) is 11.4. The van der Waals surface area contributed by atoms with Crippen LogP contribution < -0.4 is 14.8 Å². The summed E-state index contributed by atoms with van der Waals surface area (Å²) in [6, 6.07) is 5.35. The molecule has 18 heavy (non-hydrogen) atoms. The van der Waals surface area contributed by atoms with E-state index in [9.17, 15) is 4.79 Å². The van der Waals surface area contributed by atoms with Crippen molar-refractivity contribution in [2.24, 2.45) is 0 Å². The average Bonchev–Trinajstić information content (AvgIpc) is 2.38. The lowest BCUT2D eigenvalue weighted by Gasteiger charge is -2.13. The summed E-state index contributed by atoms with van der Waals surface area (Å²) in [6.07, 6.45) is 0.903. The summed E-state index contributed by atoms with van der Waals surface area (Å²) in [7, 11) is 1.58. The van der Waals surface area contributed by atoms with E-state index in [-0.39, 0.29) is 11.9 Å². The van der Waals surface area contributed by atoms with Crippen molar-refractivity contribution in [3.05, 3.63) is 23.8 Å². The maximum atomic E-state index is 12.0. The first-order valence-electron chi connectivity index (χ1n) is 6.24. The topological polar surface area (TPSA) is 47.6 Å². The van der Waals surface area contributed by atoms with Crippen LogP contribution in [0.15, 0.2) is 18.2 Å². The Morgan fingerprint density at radius 2 is 2.06 bits per heavy atom. The lowest BCUT2D eigenvalue weighted by atomic mass is 10.1. The van der Waals surface area contributed by atoms with Gasteiger partial charge in [-0.05, 0) is 38.5 Å². The van der Waals surface area contributed by atoms with Crippen molar-refractivity contribution < 1.29 is 14.3 Å². The minimum absolute atomic E-state index is 0.0899. The second-order valence-electron chi connectivity index (χ2n) is 4.08. The second kappa shape index (κ2) is 6.89. The highest BCUT2D eigenvalue weighted by Gasteiger charge is 2.12. The third-order valence-corrected chi connectivity index (χ3v) is 2.72. The highest BCUT2D eigenvalue weighted by atomic mass is 16.5. The Kier molecular flexibility index (Phi) is 5.49. The molecule has 0 heterocycles. The molecule has 1 amide bonds.